The summed E-state index contributed by atoms with van der Waals surface area (Å²) in [4.78, 5) is 0. The topological polar surface area (TPSA) is 29.5 Å². The van der Waals surface area contributed by atoms with E-state index in [1.165, 1.54) is 0 Å². The minimum Gasteiger partial charge on any atom is -0.388 e. The molecule has 0 saturated carbocycles. The maximum absolute atomic E-state index is 10.1. The number of aliphatic hydroxyl groups is 1. The summed E-state index contributed by atoms with van der Waals surface area (Å²) >= 11 is 9.33. The van der Waals surface area contributed by atoms with E-state index in [0.29, 0.717) is 11.1 Å². The Labute approximate surface area is 115 Å². The number of hydrogen-bond acceptors (Lipinski definition) is 2. The second-order valence-corrected chi connectivity index (χ2v) is 5.78. The van der Waals surface area contributed by atoms with E-state index < -0.39 is 6.10 Å². The Kier molecular flexibility index (Phi) is 4.86. The first kappa shape index (κ1) is 13.3. The van der Waals surface area contributed by atoms with Gasteiger partial charge in [-0.3, -0.25) is 0 Å². The van der Waals surface area contributed by atoms with E-state index in [9.17, 15) is 5.11 Å². The summed E-state index contributed by atoms with van der Waals surface area (Å²) in [6, 6.07) is 5.54. The van der Waals surface area contributed by atoms with Crippen molar-refractivity contribution in [2.24, 2.45) is 0 Å². The molecular formula is C13H16BrClO2. The van der Waals surface area contributed by atoms with Crippen molar-refractivity contribution in [2.45, 2.75) is 37.9 Å². The number of halogens is 2. The lowest BCUT2D eigenvalue weighted by molar-refractivity contribution is 0.0812. The quantitative estimate of drug-likeness (QED) is 0.905. The third-order valence-electron chi connectivity index (χ3n) is 3.06. The standard InChI is InChI=1S/C13H16BrClO2/c14-10-6-9(7-11(15)8-10)13(16)4-3-12-2-1-5-17-12/h6-8,12-13,16H,1-5H2. The van der Waals surface area contributed by atoms with Gasteiger partial charge in [0.1, 0.15) is 0 Å². The van der Waals surface area contributed by atoms with Crippen LogP contribution in [0.3, 0.4) is 0 Å². The van der Waals surface area contributed by atoms with Crippen LogP contribution in [-0.2, 0) is 4.74 Å². The molecule has 1 aromatic carbocycles. The summed E-state index contributed by atoms with van der Waals surface area (Å²) in [6.45, 7) is 0.865. The first-order chi connectivity index (χ1) is 8.15. The van der Waals surface area contributed by atoms with Gasteiger partial charge in [-0.1, -0.05) is 27.5 Å². The van der Waals surface area contributed by atoms with E-state index >= 15 is 0 Å². The molecular weight excluding hydrogens is 303 g/mol. The lowest BCUT2D eigenvalue weighted by atomic mass is 10.0. The van der Waals surface area contributed by atoms with Crippen LogP contribution in [-0.4, -0.2) is 17.8 Å². The monoisotopic (exact) mass is 318 g/mol. The normalized spacial score (nSPS) is 21.7. The van der Waals surface area contributed by atoms with Crippen molar-refractivity contribution in [2.75, 3.05) is 6.61 Å². The van der Waals surface area contributed by atoms with E-state index in [1.54, 1.807) is 0 Å². The predicted octanol–water partition coefficient (Wildman–Crippen LogP) is 4.10. The third-order valence-corrected chi connectivity index (χ3v) is 3.73. The first-order valence-corrected chi connectivity index (χ1v) is 7.08. The van der Waals surface area contributed by atoms with Crippen LogP contribution in [0, 0.1) is 0 Å². The van der Waals surface area contributed by atoms with Crippen molar-refractivity contribution in [3.63, 3.8) is 0 Å². The number of hydrogen-bond donors (Lipinski definition) is 1. The fourth-order valence-corrected chi connectivity index (χ4v) is 3.04. The molecule has 17 heavy (non-hydrogen) atoms. The minimum absolute atomic E-state index is 0.326. The molecule has 1 aliphatic heterocycles. The molecule has 1 aliphatic rings. The van der Waals surface area contributed by atoms with Crippen LogP contribution in [0.4, 0.5) is 0 Å². The average Bonchev–Trinajstić information content (AvgIpc) is 2.77. The van der Waals surface area contributed by atoms with Gasteiger partial charge in [0.2, 0.25) is 0 Å². The van der Waals surface area contributed by atoms with Crippen molar-refractivity contribution < 1.29 is 9.84 Å². The summed E-state index contributed by atoms with van der Waals surface area (Å²) in [7, 11) is 0. The molecule has 4 heteroatoms. The van der Waals surface area contributed by atoms with E-state index in [0.717, 1.165) is 42.3 Å². The average molecular weight is 320 g/mol. The van der Waals surface area contributed by atoms with E-state index in [2.05, 4.69) is 15.9 Å². The molecule has 0 radical (unpaired) electrons. The predicted molar refractivity (Wildman–Crippen MR) is 72.3 cm³/mol. The molecule has 0 amide bonds. The maximum Gasteiger partial charge on any atom is 0.0791 e. The molecule has 2 unspecified atom stereocenters. The molecule has 2 nitrogen and oxygen atoms in total. The van der Waals surface area contributed by atoms with Crippen molar-refractivity contribution in [3.8, 4) is 0 Å². The summed E-state index contributed by atoms with van der Waals surface area (Å²) in [5, 5.41) is 10.7. The van der Waals surface area contributed by atoms with Crippen molar-refractivity contribution in [1.82, 2.24) is 0 Å². The van der Waals surface area contributed by atoms with Gasteiger partial charge in [0.25, 0.3) is 0 Å². The molecule has 0 bridgehead atoms. The van der Waals surface area contributed by atoms with Crippen molar-refractivity contribution in [1.29, 1.82) is 0 Å². The zero-order valence-electron chi connectivity index (χ0n) is 9.53. The van der Waals surface area contributed by atoms with Crippen LogP contribution in [0.25, 0.3) is 0 Å². The molecule has 2 atom stereocenters. The van der Waals surface area contributed by atoms with Crippen molar-refractivity contribution in [3.05, 3.63) is 33.3 Å². The van der Waals surface area contributed by atoms with Crippen LogP contribution in [0.2, 0.25) is 5.02 Å². The highest BCUT2D eigenvalue weighted by Gasteiger charge is 2.18. The molecule has 1 saturated heterocycles. The third kappa shape index (κ3) is 3.95. The Morgan fingerprint density at radius 2 is 2.29 bits per heavy atom. The van der Waals surface area contributed by atoms with Crippen LogP contribution >= 0.6 is 27.5 Å². The highest BCUT2D eigenvalue weighted by Crippen LogP contribution is 2.28. The molecule has 1 aromatic rings. The smallest absolute Gasteiger partial charge is 0.0791 e. The second-order valence-electron chi connectivity index (χ2n) is 4.43. The number of aliphatic hydroxyl groups excluding tert-OH is 1. The Morgan fingerprint density at radius 1 is 1.47 bits per heavy atom. The summed E-state index contributed by atoms with van der Waals surface area (Å²) in [5.74, 6) is 0. The van der Waals surface area contributed by atoms with Crippen LogP contribution in [0.5, 0.6) is 0 Å². The molecule has 0 aromatic heterocycles. The van der Waals surface area contributed by atoms with Gasteiger partial charge >= 0.3 is 0 Å². The van der Waals surface area contributed by atoms with Gasteiger partial charge < -0.3 is 9.84 Å². The van der Waals surface area contributed by atoms with Gasteiger partial charge in [-0.25, -0.2) is 0 Å². The Hall–Kier alpha value is -0.0900. The van der Waals surface area contributed by atoms with E-state index in [-0.39, 0.29) is 0 Å². The lowest BCUT2D eigenvalue weighted by Crippen LogP contribution is -2.08. The number of rotatable bonds is 4. The maximum atomic E-state index is 10.1. The lowest BCUT2D eigenvalue weighted by Gasteiger charge is -2.14. The molecule has 1 fully saturated rings. The Bertz CT molecular complexity index is 357. The highest BCUT2D eigenvalue weighted by atomic mass is 79.9. The molecule has 0 spiro atoms. The fraction of sp³-hybridized carbons (Fsp3) is 0.538. The Morgan fingerprint density at radius 3 is 2.94 bits per heavy atom. The van der Waals surface area contributed by atoms with Gasteiger partial charge in [0, 0.05) is 16.1 Å². The second kappa shape index (κ2) is 6.19. The van der Waals surface area contributed by atoms with Gasteiger partial charge in [0.15, 0.2) is 0 Å². The zero-order chi connectivity index (χ0) is 12.3. The van der Waals surface area contributed by atoms with Gasteiger partial charge in [-0.05, 0) is 49.4 Å². The summed E-state index contributed by atoms with van der Waals surface area (Å²) < 4.78 is 6.44. The SMILES string of the molecule is OC(CCC1CCCO1)c1cc(Cl)cc(Br)c1. The largest absolute Gasteiger partial charge is 0.388 e. The molecule has 94 valence electrons. The van der Waals surface area contributed by atoms with Crippen LogP contribution in [0.15, 0.2) is 22.7 Å². The van der Waals surface area contributed by atoms with Crippen molar-refractivity contribution >= 4 is 27.5 Å². The zero-order valence-corrected chi connectivity index (χ0v) is 11.9. The molecule has 1 N–H and O–H groups in total. The molecule has 1 heterocycles. The minimum atomic E-state index is -0.464. The van der Waals surface area contributed by atoms with E-state index in [1.807, 2.05) is 18.2 Å². The van der Waals surface area contributed by atoms with Gasteiger partial charge in [-0.15, -0.1) is 0 Å². The fourth-order valence-electron chi connectivity index (χ4n) is 2.15. The van der Waals surface area contributed by atoms with Crippen LogP contribution in [0.1, 0.15) is 37.4 Å². The number of ether oxygens (including phenoxy) is 1. The number of benzene rings is 1. The highest BCUT2D eigenvalue weighted by molar-refractivity contribution is 9.10. The van der Waals surface area contributed by atoms with E-state index in [4.69, 9.17) is 16.3 Å². The van der Waals surface area contributed by atoms with Gasteiger partial charge in [0.05, 0.1) is 12.2 Å². The first-order valence-electron chi connectivity index (χ1n) is 5.91. The van der Waals surface area contributed by atoms with Crippen LogP contribution < -0.4 is 0 Å². The molecule has 0 aliphatic carbocycles. The summed E-state index contributed by atoms with van der Waals surface area (Å²) in [5.41, 5.74) is 0.863. The van der Waals surface area contributed by atoms with Gasteiger partial charge in [-0.2, -0.15) is 0 Å². The Balaban J connectivity index is 1.91. The molecule has 2 rings (SSSR count). The summed E-state index contributed by atoms with van der Waals surface area (Å²) in [6.07, 6.45) is 3.75.